The zero-order valence-electron chi connectivity index (χ0n) is 19.4. The zero-order chi connectivity index (χ0) is 23.2. The molecule has 1 N–H and O–H groups in total. The zero-order valence-corrected chi connectivity index (χ0v) is 20.2. The van der Waals surface area contributed by atoms with Gasteiger partial charge in [0.2, 0.25) is 5.91 Å². The molecule has 2 aliphatic rings. The first kappa shape index (κ1) is 23.4. The van der Waals surface area contributed by atoms with Gasteiger partial charge >= 0.3 is 0 Å². The van der Waals surface area contributed by atoms with Gasteiger partial charge in [0.05, 0.1) is 12.0 Å². The predicted molar refractivity (Wildman–Crippen MR) is 134 cm³/mol. The van der Waals surface area contributed by atoms with Crippen LogP contribution in [0.1, 0.15) is 42.4 Å². The van der Waals surface area contributed by atoms with E-state index in [1.807, 2.05) is 35.2 Å². The molecule has 2 amide bonds. The van der Waals surface area contributed by atoms with Crippen molar-refractivity contribution >= 4 is 29.7 Å². The average Bonchev–Trinajstić information content (AvgIpc) is 2.83. The molecule has 1 saturated heterocycles. The Kier molecular flexibility index (Phi) is 7.76. The molecule has 2 aromatic rings. The minimum Gasteiger partial charge on any atom is -0.497 e. The summed E-state index contributed by atoms with van der Waals surface area (Å²) in [6, 6.07) is 16.2. The largest absolute Gasteiger partial charge is 0.497 e. The molecule has 2 fully saturated rings. The van der Waals surface area contributed by atoms with E-state index >= 15 is 0 Å². The highest BCUT2D eigenvalue weighted by atomic mass is 32.2. The molecule has 0 bridgehead atoms. The van der Waals surface area contributed by atoms with Crippen LogP contribution in [0.3, 0.4) is 0 Å². The van der Waals surface area contributed by atoms with Gasteiger partial charge in [-0.05, 0) is 55.5 Å². The summed E-state index contributed by atoms with van der Waals surface area (Å²) in [5.74, 6) is 0.666. The maximum Gasteiger partial charge on any atom is 0.261 e. The van der Waals surface area contributed by atoms with Crippen molar-refractivity contribution in [1.82, 2.24) is 10.2 Å². The monoisotopic (exact) mass is 464 g/mol. The lowest BCUT2D eigenvalue weighted by atomic mass is 9.93. The van der Waals surface area contributed by atoms with Crippen molar-refractivity contribution in [2.45, 2.75) is 50.3 Å². The Labute approximate surface area is 200 Å². The molecular formula is C27H32N2O3S. The fraction of sp³-hybridized carbons (Fsp3) is 0.407. The van der Waals surface area contributed by atoms with E-state index in [4.69, 9.17) is 4.74 Å². The second kappa shape index (κ2) is 10.9. The van der Waals surface area contributed by atoms with Crippen molar-refractivity contribution in [3.63, 3.8) is 0 Å². The van der Waals surface area contributed by atoms with E-state index in [2.05, 4.69) is 36.5 Å². The number of carbonyl (C=O) groups is 2. The van der Waals surface area contributed by atoms with E-state index in [-0.39, 0.29) is 24.4 Å². The van der Waals surface area contributed by atoms with E-state index in [9.17, 15) is 9.59 Å². The Hall–Kier alpha value is -2.73. The van der Waals surface area contributed by atoms with E-state index < -0.39 is 0 Å². The van der Waals surface area contributed by atoms with Crippen LogP contribution in [0.25, 0.3) is 6.08 Å². The molecule has 4 rings (SSSR count). The Morgan fingerprint density at radius 2 is 1.85 bits per heavy atom. The number of fused-ring (bicyclic) bond motifs is 1. The molecule has 5 nitrogen and oxygen atoms in total. The lowest BCUT2D eigenvalue weighted by Crippen LogP contribution is -2.54. The summed E-state index contributed by atoms with van der Waals surface area (Å²) in [6.45, 7) is 2.76. The maximum atomic E-state index is 13.4. The van der Waals surface area contributed by atoms with Crippen LogP contribution >= 0.6 is 11.8 Å². The molecule has 2 unspecified atom stereocenters. The number of hydrogen-bond donors (Lipinski definition) is 1. The quantitative estimate of drug-likeness (QED) is 0.609. The summed E-state index contributed by atoms with van der Waals surface area (Å²) < 4.78 is 5.23. The van der Waals surface area contributed by atoms with Crippen LogP contribution in [0.15, 0.2) is 53.4 Å². The standard InChI is InChI=1S/C27H32N2O3S/c1-19-7-9-20(10-8-19)15-16-28-26(30)18-29-23-5-3-4-6-24(23)33-25(27(29)31)17-21-11-13-22(32-2)14-12-21/h7-14,17,23-24H,3-6,15-16,18H2,1-2H3,(H,28,30)/b25-17-. The van der Waals surface area contributed by atoms with Gasteiger partial charge in [0.1, 0.15) is 12.3 Å². The number of hydrogen-bond acceptors (Lipinski definition) is 4. The van der Waals surface area contributed by atoms with Gasteiger partial charge in [-0.15, -0.1) is 11.8 Å². The smallest absolute Gasteiger partial charge is 0.261 e. The predicted octanol–water partition coefficient (Wildman–Crippen LogP) is 4.59. The average molecular weight is 465 g/mol. The molecule has 6 heteroatoms. The van der Waals surface area contributed by atoms with Gasteiger partial charge in [-0.2, -0.15) is 0 Å². The summed E-state index contributed by atoms with van der Waals surface area (Å²) in [5.41, 5.74) is 3.39. The van der Waals surface area contributed by atoms with Gasteiger partial charge in [-0.25, -0.2) is 0 Å². The molecular weight excluding hydrogens is 432 g/mol. The highest BCUT2D eigenvalue weighted by Crippen LogP contribution is 2.42. The number of carbonyl (C=O) groups excluding carboxylic acids is 2. The number of benzene rings is 2. The van der Waals surface area contributed by atoms with Crippen molar-refractivity contribution in [1.29, 1.82) is 0 Å². The molecule has 0 aromatic heterocycles. The highest BCUT2D eigenvalue weighted by Gasteiger charge is 2.41. The normalized spacial score (nSPS) is 21.6. The van der Waals surface area contributed by atoms with Crippen LogP contribution in [0.4, 0.5) is 0 Å². The number of rotatable bonds is 7. The van der Waals surface area contributed by atoms with Crippen molar-refractivity contribution in [3.8, 4) is 5.75 Å². The lowest BCUT2D eigenvalue weighted by Gasteiger charge is -2.43. The summed E-state index contributed by atoms with van der Waals surface area (Å²) in [5, 5.41) is 3.36. The van der Waals surface area contributed by atoms with Gasteiger partial charge < -0.3 is 15.0 Å². The molecule has 2 aromatic carbocycles. The first-order valence-corrected chi connectivity index (χ1v) is 12.6. The molecule has 0 radical (unpaired) electrons. The molecule has 1 aliphatic carbocycles. The van der Waals surface area contributed by atoms with Crippen LogP contribution in [0.5, 0.6) is 5.75 Å². The van der Waals surface area contributed by atoms with Gasteiger partial charge in [-0.1, -0.05) is 54.8 Å². The minimum absolute atomic E-state index is 0.0346. The minimum atomic E-state index is -0.0875. The van der Waals surface area contributed by atoms with Crippen LogP contribution in [0.2, 0.25) is 0 Å². The fourth-order valence-electron chi connectivity index (χ4n) is 4.52. The first-order chi connectivity index (χ1) is 16.0. The van der Waals surface area contributed by atoms with Crippen molar-refractivity contribution in [2.24, 2.45) is 0 Å². The summed E-state index contributed by atoms with van der Waals surface area (Å²) in [6.07, 6.45) is 7.06. The fourth-order valence-corrected chi connectivity index (χ4v) is 6.00. The van der Waals surface area contributed by atoms with Gasteiger partial charge in [-0.3, -0.25) is 9.59 Å². The Morgan fingerprint density at radius 1 is 1.12 bits per heavy atom. The van der Waals surface area contributed by atoms with Gasteiger partial charge in [0, 0.05) is 17.8 Å². The SMILES string of the molecule is COc1ccc(/C=C2\SC3CCCCC3N(CC(=O)NCCc3ccc(C)cc3)C2=O)cc1. The number of ether oxygens (including phenoxy) is 1. The molecule has 33 heavy (non-hydrogen) atoms. The van der Waals surface area contributed by atoms with E-state index in [0.717, 1.165) is 41.9 Å². The van der Waals surface area contributed by atoms with E-state index in [0.29, 0.717) is 11.8 Å². The van der Waals surface area contributed by atoms with Crippen LogP contribution in [-0.4, -0.2) is 48.2 Å². The van der Waals surface area contributed by atoms with Crippen LogP contribution in [-0.2, 0) is 16.0 Å². The van der Waals surface area contributed by atoms with Crippen LogP contribution in [0, 0.1) is 6.92 Å². The maximum absolute atomic E-state index is 13.4. The summed E-state index contributed by atoms with van der Waals surface area (Å²) in [7, 11) is 1.64. The number of aryl methyl sites for hydroxylation is 1. The number of nitrogens with one attached hydrogen (secondary N) is 1. The molecule has 0 spiro atoms. The summed E-state index contributed by atoms with van der Waals surface area (Å²) in [4.78, 5) is 28.7. The third-order valence-electron chi connectivity index (χ3n) is 6.40. The highest BCUT2D eigenvalue weighted by molar-refractivity contribution is 8.04. The number of thioether (sulfide) groups is 1. The van der Waals surface area contributed by atoms with E-state index in [1.165, 1.54) is 17.5 Å². The Balaban J connectivity index is 1.42. The first-order valence-electron chi connectivity index (χ1n) is 11.7. The third-order valence-corrected chi connectivity index (χ3v) is 7.80. The van der Waals surface area contributed by atoms with E-state index in [1.54, 1.807) is 18.9 Å². The lowest BCUT2D eigenvalue weighted by molar-refractivity contribution is -0.135. The van der Waals surface area contributed by atoms with Crippen LogP contribution < -0.4 is 10.1 Å². The number of amides is 2. The third kappa shape index (κ3) is 5.99. The molecule has 1 saturated carbocycles. The second-order valence-corrected chi connectivity index (χ2v) is 10.1. The number of nitrogens with zero attached hydrogens (tertiary/aromatic N) is 1. The van der Waals surface area contributed by atoms with Gasteiger partial charge in [0.15, 0.2) is 0 Å². The van der Waals surface area contributed by atoms with Crippen molar-refractivity contribution < 1.29 is 14.3 Å². The summed E-state index contributed by atoms with van der Waals surface area (Å²) >= 11 is 1.68. The second-order valence-electron chi connectivity index (χ2n) is 8.81. The Morgan fingerprint density at radius 3 is 2.58 bits per heavy atom. The molecule has 1 aliphatic heterocycles. The van der Waals surface area contributed by atoms with Gasteiger partial charge in [0.25, 0.3) is 5.91 Å². The molecule has 1 heterocycles. The molecule has 174 valence electrons. The van der Waals surface area contributed by atoms with Crippen molar-refractivity contribution in [3.05, 3.63) is 70.1 Å². The van der Waals surface area contributed by atoms with Crippen molar-refractivity contribution in [2.75, 3.05) is 20.2 Å². The number of methoxy groups -OCH3 is 1. The topological polar surface area (TPSA) is 58.6 Å². The Bertz CT molecular complexity index is 1000. The molecule has 2 atom stereocenters.